The largest absolute Gasteiger partial charge is 0.496 e. The third-order valence-electron chi connectivity index (χ3n) is 5.30. The van der Waals surface area contributed by atoms with Crippen LogP contribution in [-0.2, 0) is 33.8 Å². The molecule has 1 atom stereocenters. The molecule has 0 saturated heterocycles. The molecule has 1 unspecified atom stereocenters. The maximum Gasteiger partial charge on any atom is 0.332 e. The number of aryl methyl sites for hydroxylation is 1. The van der Waals surface area contributed by atoms with E-state index in [-0.39, 0.29) is 25.4 Å². The second kappa shape index (κ2) is 12.3. The Morgan fingerprint density at radius 1 is 1.05 bits per heavy atom. The van der Waals surface area contributed by atoms with E-state index >= 15 is 0 Å². The standard InChI is InChI=1S/C28H32N2O7/c1-28(2,3)37-25(32)12-10-18-9-11-23(19(15-18)16-22(31)27(33)34)36-17-20-13-14-29-26(30-20)21-7-5-6-8-24(21)35-4/h5-9,11,13-15,22,31H,10,12,16-17H2,1-4H3,(H,33,34). The lowest BCUT2D eigenvalue weighted by Gasteiger charge is -2.19. The predicted molar refractivity (Wildman–Crippen MR) is 136 cm³/mol. The van der Waals surface area contributed by atoms with Gasteiger partial charge in [0.05, 0.1) is 18.4 Å². The molecule has 2 aromatic carbocycles. The van der Waals surface area contributed by atoms with Gasteiger partial charge in [0.15, 0.2) is 11.9 Å². The summed E-state index contributed by atoms with van der Waals surface area (Å²) in [6.07, 6.45) is 0.452. The Morgan fingerprint density at radius 3 is 2.51 bits per heavy atom. The van der Waals surface area contributed by atoms with Crippen molar-refractivity contribution in [2.45, 2.75) is 58.3 Å². The Kier molecular flexibility index (Phi) is 9.19. The molecule has 0 aliphatic carbocycles. The molecular formula is C28H32N2O7. The van der Waals surface area contributed by atoms with Gasteiger partial charge in [-0.05, 0) is 62.6 Å². The average molecular weight is 509 g/mol. The highest BCUT2D eigenvalue weighted by atomic mass is 16.6. The SMILES string of the molecule is COc1ccccc1-c1nccc(COc2ccc(CCC(=O)OC(C)(C)C)cc2CC(O)C(=O)O)n1. The fraction of sp³-hybridized carbons (Fsp3) is 0.357. The molecule has 1 heterocycles. The summed E-state index contributed by atoms with van der Waals surface area (Å²) in [6, 6.07) is 14.4. The van der Waals surface area contributed by atoms with E-state index in [1.165, 1.54) is 0 Å². The van der Waals surface area contributed by atoms with Gasteiger partial charge in [0, 0.05) is 19.0 Å². The van der Waals surface area contributed by atoms with E-state index in [4.69, 9.17) is 14.2 Å². The van der Waals surface area contributed by atoms with Crippen molar-refractivity contribution in [2.75, 3.05) is 7.11 Å². The molecule has 0 amide bonds. The zero-order valence-electron chi connectivity index (χ0n) is 21.4. The molecule has 0 spiro atoms. The van der Waals surface area contributed by atoms with E-state index in [0.29, 0.717) is 35.0 Å². The molecule has 0 aliphatic heterocycles. The molecule has 3 aromatic rings. The maximum absolute atomic E-state index is 12.1. The smallest absolute Gasteiger partial charge is 0.332 e. The fourth-order valence-electron chi connectivity index (χ4n) is 3.61. The van der Waals surface area contributed by atoms with Gasteiger partial charge in [-0.3, -0.25) is 4.79 Å². The van der Waals surface area contributed by atoms with Gasteiger partial charge in [0.1, 0.15) is 23.7 Å². The van der Waals surface area contributed by atoms with Gasteiger partial charge in [-0.25, -0.2) is 14.8 Å². The van der Waals surface area contributed by atoms with Crippen molar-refractivity contribution in [3.8, 4) is 22.9 Å². The number of ether oxygens (including phenoxy) is 3. The number of carbonyl (C=O) groups is 2. The van der Waals surface area contributed by atoms with Crippen molar-refractivity contribution in [2.24, 2.45) is 0 Å². The topological polar surface area (TPSA) is 128 Å². The number of methoxy groups -OCH3 is 1. The zero-order chi connectivity index (χ0) is 27.0. The van der Waals surface area contributed by atoms with E-state index in [1.54, 1.807) is 58.3 Å². The number of carboxylic acids is 1. The van der Waals surface area contributed by atoms with Crippen LogP contribution in [0.3, 0.4) is 0 Å². The summed E-state index contributed by atoms with van der Waals surface area (Å²) in [5.74, 6) is -0.110. The molecule has 0 fully saturated rings. The van der Waals surface area contributed by atoms with Gasteiger partial charge in [0.25, 0.3) is 0 Å². The van der Waals surface area contributed by atoms with Gasteiger partial charge >= 0.3 is 11.9 Å². The number of hydrogen-bond acceptors (Lipinski definition) is 8. The monoisotopic (exact) mass is 508 g/mol. The molecule has 0 bridgehead atoms. The van der Waals surface area contributed by atoms with E-state index in [9.17, 15) is 19.8 Å². The number of benzene rings is 2. The van der Waals surface area contributed by atoms with Crippen molar-refractivity contribution < 1.29 is 34.0 Å². The van der Waals surface area contributed by atoms with Crippen LogP contribution in [0.1, 0.15) is 44.0 Å². The predicted octanol–water partition coefficient (Wildman–Crippen LogP) is 3.99. The van der Waals surface area contributed by atoms with Crippen LogP contribution in [0.2, 0.25) is 0 Å². The lowest BCUT2D eigenvalue weighted by atomic mass is 10.0. The van der Waals surface area contributed by atoms with Crippen LogP contribution in [0.4, 0.5) is 0 Å². The molecule has 1 aromatic heterocycles. The number of nitrogens with zero attached hydrogens (tertiary/aromatic N) is 2. The van der Waals surface area contributed by atoms with E-state index in [2.05, 4.69) is 9.97 Å². The first-order chi connectivity index (χ1) is 17.6. The highest BCUT2D eigenvalue weighted by Crippen LogP contribution is 2.27. The number of hydrogen-bond donors (Lipinski definition) is 2. The summed E-state index contributed by atoms with van der Waals surface area (Å²) in [5.41, 5.74) is 2.08. The van der Waals surface area contributed by atoms with E-state index in [1.807, 2.05) is 24.3 Å². The lowest BCUT2D eigenvalue weighted by Crippen LogP contribution is -2.24. The minimum atomic E-state index is -1.60. The van der Waals surface area contributed by atoms with E-state index < -0.39 is 17.7 Å². The number of aliphatic carboxylic acids is 1. The number of rotatable bonds is 11. The van der Waals surface area contributed by atoms with Crippen LogP contribution in [0, 0.1) is 0 Å². The summed E-state index contributed by atoms with van der Waals surface area (Å²) >= 11 is 0. The Morgan fingerprint density at radius 2 is 1.81 bits per heavy atom. The van der Waals surface area contributed by atoms with Crippen LogP contribution >= 0.6 is 0 Å². The molecule has 9 nitrogen and oxygen atoms in total. The van der Waals surface area contributed by atoms with Gasteiger partial charge in [0.2, 0.25) is 0 Å². The molecular weight excluding hydrogens is 476 g/mol. The molecule has 0 saturated carbocycles. The number of aliphatic hydroxyl groups excluding tert-OH is 1. The number of carboxylic acid groups (broad SMARTS) is 1. The third kappa shape index (κ3) is 8.28. The van der Waals surface area contributed by atoms with Crippen LogP contribution < -0.4 is 9.47 Å². The lowest BCUT2D eigenvalue weighted by molar-refractivity contribution is -0.154. The van der Waals surface area contributed by atoms with Gasteiger partial charge in [-0.1, -0.05) is 24.3 Å². The maximum atomic E-state index is 12.1. The molecule has 9 heteroatoms. The van der Waals surface area contributed by atoms with Crippen LogP contribution in [0.25, 0.3) is 11.4 Å². The molecule has 0 radical (unpaired) electrons. The summed E-state index contributed by atoms with van der Waals surface area (Å²) < 4.78 is 16.7. The number of aliphatic hydroxyl groups is 1. The molecule has 0 aliphatic rings. The molecule has 3 rings (SSSR count). The number of esters is 1. The third-order valence-corrected chi connectivity index (χ3v) is 5.30. The van der Waals surface area contributed by atoms with Gasteiger partial charge in [-0.2, -0.15) is 0 Å². The van der Waals surface area contributed by atoms with E-state index in [0.717, 1.165) is 11.1 Å². The Bertz CT molecular complexity index is 1240. The van der Waals surface area contributed by atoms with Crippen molar-refractivity contribution in [3.05, 3.63) is 71.5 Å². The Labute approximate surface area is 216 Å². The first kappa shape index (κ1) is 27.6. The Balaban J connectivity index is 1.77. The summed E-state index contributed by atoms with van der Waals surface area (Å²) in [4.78, 5) is 32.3. The molecule has 37 heavy (non-hydrogen) atoms. The first-order valence-corrected chi connectivity index (χ1v) is 11.9. The first-order valence-electron chi connectivity index (χ1n) is 11.9. The molecule has 2 N–H and O–H groups in total. The zero-order valence-corrected chi connectivity index (χ0v) is 21.4. The van der Waals surface area contributed by atoms with Crippen LogP contribution in [-0.4, -0.2) is 50.9 Å². The minimum absolute atomic E-state index is 0.0953. The van der Waals surface area contributed by atoms with Crippen molar-refractivity contribution in [1.82, 2.24) is 9.97 Å². The Hall–Kier alpha value is -3.98. The van der Waals surface area contributed by atoms with Gasteiger partial charge in [-0.15, -0.1) is 0 Å². The summed E-state index contributed by atoms with van der Waals surface area (Å²) in [7, 11) is 1.58. The summed E-state index contributed by atoms with van der Waals surface area (Å²) in [6.45, 7) is 5.51. The minimum Gasteiger partial charge on any atom is -0.496 e. The second-order valence-electron chi connectivity index (χ2n) is 9.45. The number of para-hydroxylation sites is 1. The average Bonchev–Trinajstić information content (AvgIpc) is 2.86. The van der Waals surface area contributed by atoms with Crippen molar-refractivity contribution in [3.63, 3.8) is 0 Å². The summed E-state index contributed by atoms with van der Waals surface area (Å²) in [5, 5.41) is 19.2. The van der Waals surface area contributed by atoms with Gasteiger partial charge < -0.3 is 24.4 Å². The van der Waals surface area contributed by atoms with Crippen molar-refractivity contribution >= 4 is 11.9 Å². The number of carbonyl (C=O) groups excluding carboxylic acids is 1. The highest BCUT2D eigenvalue weighted by Gasteiger charge is 2.19. The second-order valence-corrected chi connectivity index (χ2v) is 9.45. The normalized spacial score (nSPS) is 12.0. The quantitative estimate of drug-likeness (QED) is 0.369. The van der Waals surface area contributed by atoms with Crippen molar-refractivity contribution in [1.29, 1.82) is 0 Å². The molecule has 196 valence electrons. The van der Waals surface area contributed by atoms with Crippen LogP contribution in [0.15, 0.2) is 54.7 Å². The fourth-order valence-corrected chi connectivity index (χ4v) is 3.61. The highest BCUT2D eigenvalue weighted by molar-refractivity contribution is 5.72. The number of aromatic nitrogens is 2. The van der Waals surface area contributed by atoms with Crippen LogP contribution in [0.5, 0.6) is 11.5 Å².